The highest BCUT2D eigenvalue weighted by atomic mass is 79.9. The summed E-state index contributed by atoms with van der Waals surface area (Å²) in [5.41, 5.74) is 0.0154. The van der Waals surface area contributed by atoms with E-state index in [0.717, 1.165) is 6.20 Å². The predicted octanol–water partition coefficient (Wildman–Crippen LogP) is 2.53. The number of aryl methyl sites for hydroxylation is 1. The topological polar surface area (TPSA) is 64.7 Å². The van der Waals surface area contributed by atoms with Crippen LogP contribution in [-0.2, 0) is 13.1 Å². The molecule has 114 valence electrons. The molecule has 0 amide bonds. The Morgan fingerprint density at radius 3 is 2.62 bits per heavy atom. The number of rotatable bonds is 4. The van der Waals surface area contributed by atoms with E-state index in [1.54, 1.807) is 10.9 Å². The average molecular weight is 366 g/mol. The lowest BCUT2D eigenvalue weighted by molar-refractivity contribution is -0.143. The maximum absolute atomic E-state index is 12.3. The van der Waals surface area contributed by atoms with E-state index in [0.29, 0.717) is 16.9 Å². The zero-order valence-electron chi connectivity index (χ0n) is 10.9. The van der Waals surface area contributed by atoms with Crippen molar-refractivity contribution in [1.82, 2.24) is 19.6 Å². The van der Waals surface area contributed by atoms with Gasteiger partial charge in [-0.15, -0.1) is 0 Å². The Labute approximate surface area is 125 Å². The molecule has 0 aliphatic rings. The highest BCUT2D eigenvalue weighted by Gasteiger charge is 2.29. The van der Waals surface area contributed by atoms with Crippen molar-refractivity contribution in [3.63, 3.8) is 0 Å². The van der Waals surface area contributed by atoms with E-state index >= 15 is 0 Å². The fraction of sp³-hybridized carbons (Fsp3) is 0.364. The SMILES string of the molecule is CCn1cc(Nc2cnn(CC(F)(F)F)c(=O)c2Br)cn1. The highest BCUT2D eigenvalue weighted by Crippen LogP contribution is 2.22. The Hall–Kier alpha value is -1.84. The fourth-order valence-corrected chi connectivity index (χ4v) is 2.00. The van der Waals surface area contributed by atoms with Crippen LogP contribution in [0, 0.1) is 0 Å². The van der Waals surface area contributed by atoms with Gasteiger partial charge in [-0.05, 0) is 22.9 Å². The summed E-state index contributed by atoms with van der Waals surface area (Å²) in [6, 6.07) is 0. The van der Waals surface area contributed by atoms with E-state index in [-0.39, 0.29) is 10.2 Å². The first kappa shape index (κ1) is 15.5. The van der Waals surface area contributed by atoms with Crippen LogP contribution >= 0.6 is 15.9 Å². The van der Waals surface area contributed by atoms with Crippen LogP contribution in [0.3, 0.4) is 0 Å². The van der Waals surface area contributed by atoms with Gasteiger partial charge in [0.05, 0.1) is 23.8 Å². The Morgan fingerprint density at radius 1 is 1.33 bits per heavy atom. The van der Waals surface area contributed by atoms with Crippen molar-refractivity contribution in [2.75, 3.05) is 5.32 Å². The molecule has 0 aliphatic carbocycles. The molecule has 0 saturated heterocycles. The van der Waals surface area contributed by atoms with Crippen LogP contribution in [0.5, 0.6) is 0 Å². The molecule has 21 heavy (non-hydrogen) atoms. The van der Waals surface area contributed by atoms with E-state index in [1.165, 1.54) is 6.20 Å². The molecular weight excluding hydrogens is 355 g/mol. The van der Waals surface area contributed by atoms with Gasteiger partial charge >= 0.3 is 6.18 Å². The molecule has 0 saturated carbocycles. The van der Waals surface area contributed by atoms with E-state index in [2.05, 4.69) is 31.4 Å². The standard InChI is InChI=1S/C11H11BrF3N5O/c1-2-19-5-7(3-16-19)18-8-4-17-20(6-11(13,14)15)10(21)9(8)12/h3-5,18H,2,6H2,1H3. The molecule has 2 rings (SSSR count). The molecule has 6 nitrogen and oxygen atoms in total. The van der Waals surface area contributed by atoms with Crippen LogP contribution in [0.1, 0.15) is 6.92 Å². The molecule has 0 aromatic carbocycles. The summed E-state index contributed by atoms with van der Waals surface area (Å²) in [7, 11) is 0. The Balaban J connectivity index is 2.26. The smallest absolute Gasteiger partial charge is 0.351 e. The van der Waals surface area contributed by atoms with Gasteiger partial charge in [0.2, 0.25) is 0 Å². The monoisotopic (exact) mass is 365 g/mol. The first-order valence-electron chi connectivity index (χ1n) is 5.92. The molecule has 0 fully saturated rings. The molecule has 10 heteroatoms. The molecular formula is C11H11BrF3N5O. The molecule has 2 aromatic rings. The summed E-state index contributed by atoms with van der Waals surface area (Å²) in [4.78, 5) is 11.8. The third-order valence-electron chi connectivity index (χ3n) is 2.55. The number of nitrogens with zero attached hydrogens (tertiary/aromatic N) is 4. The van der Waals surface area contributed by atoms with E-state index in [4.69, 9.17) is 0 Å². The van der Waals surface area contributed by atoms with Crippen LogP contribution < -0.4 is 10.9 Å². The second kappa shape index (κ2) is 5.88. The van der Waals surface area contributed by atoms with Gasteiger partial charge in [-0.1, -0.05) is 0 Å². The van der Waals surface area contributed by atoms with Crippen LogP contribution in [0.4, 0.5) is 24.5 Å². The molecule has 0 spiro atoms. The number of aromatic nitrogens is 4. The van der Waals surface area contributed by atoms with Crippen molar-refractivity contribution < 1.29 is 13.2 Å². The van der Waals surface area contributed by atoms with Crippen molar-refractivity contribution in [3.05, 3.63) is 33.4 Å². The van der Waals surface area contributed by atoms with Gasteiger partial charge in [0, 0.05) is 12.7 Å². The van der Waals surface area contributed by atoms with Gasteiger partial charge in [0.25, 0.3) is 5.56 Å². The average Bonchev–Trinajstić information content (AvgIpc) is 2.85. The second-order valence-electron chi connectivity index (χ2n) is 4.16. The Bertz CT molecular complexity index is 694. The molecule has 0 aliphatic heterocycles. The number of anilines is 2. The van der Waals surface area contributed by atoms with Crippen molar-refractivity contribution in [1.29, 1.82) is 0 Å². The van der Waals surface area contributed by atoms with Gasteiger partial charge in [0.15, 0.2) is 0 Å². The molecule has 0 radical (unpaired) electrons. The second-order valence-corrected chi connectivity index (χ2v) is 4.95. The van der Waals surface area contributed by atoms with E-state index in [1.807, 2.05) is 6.92 Å². The molecule has 0 unspecified atom stereocenters. The van der Waals surface area contributed by atoms with Crippen LogP contribution in [0.15, 0.2) is 27.9 Å². The lowest BCUT2D eigenvalue weighted by Crippen LogP contribution is -2.30. The summed E-state index contributed by atoms with van der Waals surface area (Å²) >= 11 is 2.99. The van der Waals surface area contributed by atoms with Crippen LogP contribution in [-0.4, -0.2) is 25.7 Å². The molecule has 2 aromatic heterocycles. The van der Waals surface area contributed by atoms with Crippen molar-refractivity contribution in [2.45, 2.75) is 26.2 Å². The van der Waals surface area contributed by atoms with Gasteiger partial charge in [-0.25, -0.2) is 4.68 Å². The number of nitrogens with one attached hydrogen (secondary N) is 1. The minimum atomic E-state index is -4.51. The quantitative estimate of drug-likeness (QED) is 0.903. The summed E-state index contributed by atoms with van der Waals surface area (Å²) in [6.45, 7) is 1.15. The lowest BCUT2D eigenvalue weighted by atomic mass is 10.4. The number of alkyl halides is 3. The molecule has 1 N–H and O–H groups in total. The third kappa shape index (κ3) is 3.84. The van der Waals surface area contributed by atoms with Crippen LogP contribution in [0.25, 0.3) is 0 Å². The summed E-state index contributed by atoms with van der Waals surface area (Å²) < 4.78 is 38.9. The summed E-state index contributed by atoms with van der Waals surface area (Å²) in [5.74, 6) is 0. The minimum absolute atomic E-state index is 0.0222. The van der Waals surface area contributed by atoms with E-state index in [9.17, 15) is 18.0 Å². The van der Waals surface area contributed by atoms with Gasteiger partial charge < -0.3 is 5.32 Å². The van der Waals surface area contributed by atoms with Gasteiger partial charge in [0.1, 0.15) is 11.0 Å². The normalized spacial score (nSPS) is 11.7. The zero-order chi connectivity index (χ0) is 15.6. The number of hydrogen-bond donors (Lipinski definition) is 1. The number of hydrogen-bond acceptors (Lipinski definition) is 4. The van der Waals surface area contributed by atoms with Crippen LogP contribution in [0.2, 0.25) is 0 Å². The van der Waals surface area contributed by atoms with Gasteiger partial charge in [-0.2, -0.15) is 23.4 Å². The van der Waals surface area contributed by atoms with Crippen molar-refractivity contribution in [2.24, 2.45) is 0 Å². The maximum Gasteiger partial charge on any atom is 0.408 e. The Morgan fingerprint density at radius 2 is 2.05 bits per heavy atom. The highest BCUT2D eigenvalue weighted by molar-refractivity contribution is 9.10. The van der Waals surface area contributed by atoms with E-state index < -0.39 is 18.3 Å². The predicted molar refractivity (Wildman–Crippen MR) is 73.4 cm³/mol. The maximum atomic E-state index is 12.3. The summed E-state index contributed by atoms with van der Waals surface area (Å²) in [6.07, 6.45) is -0.112. The van der Waals surface area contributed by atoms with Gasteiger partial charge in [-0.3, -0.25) is 9.48 Å². The first-order valence-corrected chi connectivity index (χ1v) is 6.71. The third-order valence-corrected chi connectivity index (χ3v) is 3.32. The molecule has 0 atom stereocenters. The minimum Gasteiger partial charge on any atom is -0.351 e. The lowest BCUT2D eigenvalue weighted by Gasteiger charge is -2.11. The van der Waals surface area contributed by atoms with Crippen molar-refractivity contribution in [3.8, 4) is 0 Å². The van der Waals surface area contributed by atoms with Crippen molar-refractivity contribution >= 4 is 27.3 Å². The zero-order valence-corrected chi connectivity index (χ0v) is 12.4. The molecule has 2 heterocycles. The number of halogens is 4. The first-order chi connectivity index (χ1) is 9.80. The molecule has 0 bridgehead atoms. The Kier molecular flexibility index (Phi) is 4.35. The largest absolute Gasteiger partial charge is 0.408 e. The fourth-order valence-electron chi connectivity index (χ4n) is 1.59. The summed E-state index contributed by atoms with van der Waals surface area (Å²) in [5, 5.41) is 10.4.